The van der Waals surface area contributed by atoms with E-state index in [1.807, 2.05) is 54.6 Å². The Bertz CT molecular complexity index is 509. The molecule has 2 rings (SSSR count). The van der Waals surface area contributed by atoms with E-state index in [1.54, 1.807) is 0 Å². The van der Waals surface area contributed by atoms with Gasteiger partial charge >= 0.3 is 0 Å². The number of rotatable bonds is 4. The van der Waals surface area contributed by atoms with Crippen LogP contribution in [0.4, 0.5) is 0 Å². The monoisotopic (exact) mass is 227 g/mol. The Labute approximate surface area is 100 Å². The standard InChI is InChI=1S/C14H14N2O/c15-14(16)10-11-5-4-8-13(9-11)17-12-6-2-1-3-7-12/h1-9H,10H2,(H3,15,16)/p+1. The lowest BCUT2D eigenvalue weighted by atomic mass is 10.1. The van der Waals surface area contributed by atoms with Gasteiger partial charge in [-0.05, 0) is 29.8 Å². The molecule has 0 aliphatic carbocycles. The molecule has 0 radical (unpaired) electrons. The molecule has 4 N–H and O–H groups in total. The van der Waals surface area contributed by atoms with Crippen LogP contribution in [-0.2, 0) is 6.42 Å². The smallest absolute Gasteiger partial charge is 0.242 e. The summed E-state index contributed by atoms with van der Waals surface area (Å²) in [5.74, 6) is 2.01. The molecule has 0 atom stereocenters. The third-order valence-corrected chi connectivity index (χ3v) is 2.29. The molecule has 0 aliphatic heterocycles. The van der Waals surface area contributed by atoms with Crippen molar-refractivity contribution >= 4 is 5.84 Å². The largest absolute Gasteiger partial charge is 0.457 e. The number of nitrogens with two attached hydrogens (primary N) is 2. The zero-order valence-electron chi connectivity index (χ0n) is 9.47. The van der Waals surface area contributed by atoms with E-state index in [1.165, 1.54) is 0 Å². The molecule has 0 amide bonds. The first-order chi connectivity index (χ1) is 8.24. The molecule has 0 aliphatic rings. The fourth-order valence-corrected chi connectivity index (χ4v) is 1.58. The quantitative estimate of drug-likeness (QED) is 0.607. The highest BCUT2D eigenvalue weighted by Crippen LogP contribution is 2.21. The van der Waals surface area contributed by atoms with E-state index in [0.29, 0.717) is 12.3 Å². The maximum atomic E-state index is 5.71. The van der Waals surface area contributed by atoms with Crippen molar-refractivity contribution in [3.05, 3.63) is 60.2 Å². The number of amidine groups is 1. The van der Waals surface area contributed by atoms with Crippen molar-refractivity contribution in [3.63, 3.8) is 0 Å². The molecular weight excluding hydrogens is 212 g/mol. The lowest BCUT2D eigenvalue weighted by Gasteiger charge is -2.06. The lowest BCUT2D eigenvalue weighted by molar-refractivity contribution is -0.117. The number of benzene rings is 2. The van der Waals surface area contributed by atoms with E-state index in [9.17, 15) is 0 Å². The van der Waals surface area contributed by atoms with Gasteiger partial charge in [-0.15, -0.1) is 0 Å². The molecule has 3 heteroatoms. The zero-order valence-corrected chi connectivity index (χ0v) is 9.47. The van der Waals surface area contributed by atoms with Crippen LogP contribution in [0.5, 0.6) is 11.5 Å². The van der Waals surface area contributed by atoms with Crippen molar-refractivity contribution in [1.82, 2.24) is 0 Å². The molecule has 0 saturated carbocycles. The van der Waals surface area contributed by atoms with E-state index in [-0.39, 0.29) is 0 Å². The van der Waals surface area contributed by atoms with E-state index in [4.69, 9.17) is 15.9 Å². The Morgan fingerprint density at radius 2 is 1.71 bits per heavy atom. The highest BCUT2D eigenvalue weighted by molar-refractivity contribution is 5.76. The fraction of sp³-hybridized carbons (Fsp3) is 0.0714. The minimum absolute atomic E-state index is 0.405. The first-order valence-corrected chi connectivity index (χ1v) is 5.42. The second-order valence-corrected chi connectivity index (χ2v) is 3.81. The lowest BCUT2D eigenvalue weighted by Crippen LogP contribution is -2.46. The van der Waals surface area contributed by atoms with Crippen molar-refractivity contribution in [2.45, 2.75) is 6.42 Å². The van der Waals surface area contributed by atoms with Crippen LogP contribution in [0, 0.1) is 0 Å². The Balaban J connectivity index is 2.14. The Kier molecular flexibility index (Phi) is 3.40. The van der Waals surface area contributed by atoms with Crippen LogP contribution in [0.25, 0.3) is 0 Å². The van der Waals surface area contributed by atoms with Gasteiger partial charge in [-0.3, -0.25) is 11.1 Å². The molecule has 0 aromatic heterocycles. The fourth-order valence-electron chi connectivity index (χ4n) is 1.58. The highest BCUT2D eigenvalue weighted by atomic mass is 16.5. The molecule has 0 unspecified atom stereocenters. The van der Waals surface area contributed by atoms with Gasteiger partial charge in [0.05, 0.1) is 6.42 Å². The molecule has 0 bridgehead atoms. The summed E-state index contributed by atoms with van der Waals surface area (Å²) in [5, 5.41) is 5.48. The van der Waals surface area contributed by atoms with E-state index in [2.05, 4.69) is 0 Å². The van der Waals surface area contributed by atoms with Crippen LogP contribution in [0.1, 0.15) is 5.56 Å². The van der Waals surface area contributed by atoms with Crippen molar-refractivity contribution in [2.24, 2.45) is 5.73 Å². The predicted octanol–water partition coefficient (Wildman–Crippen LogP) is 1.14. The summed E-state index contributed by atoms with van der Waals surface area (Å²) in [5.41, 5.74) is 6.52. The second kappa shape index (κ2) is 5.16. The van der Waals surface area contributed by atoms with Gasteiger partial charge in [-0.2, -0.15) is 0 Å². The summed E-state index contributed by atoms with van der Waals surface area (Å²) in [6.45, 7) is 0. The topological polar surface area (TPSA) is 60.8 Å². The van der Waals surface area contributed by atoms with Gasteiger partial charge in [0, 0.05) is 0 Å². The van der Waals surface area contributed by atoms with Gasteiger partial charge in [0.1, 0.15) is 11.5 Å². The van der Waals surface area contributed by atoms with Crippen molar-refractivity contribution in [2.75, 3.05) is 0 Å². The number of hydrogen-bond acceptors (Lipinski definition) is 1. The molecule has 2 aromatic carbocycles. The van der Waals surface area contributed by atoms with E-state index in [0.717, 1.165) is 17.1 Å². The summed E-state index contributed by atoms with van der Waals surface area (Å²) >= 11 is 0. The van der Waals surface area contributed by atoms with E-state index >= 15 is 0 Å². The molecular formula is C14H15N2O+. The third-order valence-electron chi connectivity index (χ3n) is 2.29. The maximum absolute atomic E-state index is 5.71. The van der Waals surface area contributed by atoms with Crippen LogP contribution in [0.3, 0.4) is 0 Å². The van der Waals surface area contributed by atoms with Crippen LogP contribution in [0.2, 0.25) is 0 Å². The van der Waals surface area contributed by atoms with Gasteiger partial charge in [0.15, 0.2) is 0 Å². The normalized spacial score (nSPS) is 9.88. The third kappa shape index (κ3) is 3.34. The molecule has 2 aromatic rings. The second-order valence-electron chi connectivity index (χ2n) is 3.81. The average Bonchev–Trinajstić information content (AvgIpc) is 2.30. The first kappa shape index (κ1) is 11.2. The molecule has 17 heavy (non-hydrogen) atoms. The summed E-state index contributed by atoms with van der Waals surface area (Å²) in [4.78, 5) is 0. The number of hydrogen-bond donors (Lipinski definition) is 2. The van der Waals surface area contributed by atoms with Crippen LogP contribution >= 0.6 is 0 Å². The van der Waals surface area contributed by atoms with E-state index < -0.39 is 0 Å². The summed E-state index contributed by atoms with van der Waals surface area (Å²) in [6, 6.07) is 17.4. The van der Waals surface area contributed by atoms with Crippen molar-refractivity contribution in [1.29, 1.82) is 0 Å². The maximum Gasteiger partial charge on any atom is 0.242 e. The van der Waals surface area contributed by atoms with Gasteiger partial charge in [0.2, 0.25) is 5.84 Å². The number of para-hydroxylation sites is 1. The van der Waals surface area contributed by atoms with Crippen LogP contribution < -0.4 is 15.9 Å². The van der Waals surface area contributed by atoms with Gasteiger partial charge in [0.25, 0.3) is 0 Å². The summed E-state index contributed by atoms with van der Waals surface area (Å²) < 4.78 is 5.71. The Hall–Kier alpha value is -2.29. The Morgan fingerprint density at radius 3 is 2.41 bits per heavy atom. The average molecular weight is 227 g/mol. The predicted molar refractivity (Wildman–Crippen MR) is 67.8 cm³/mol. The SMILES string of the molecule is NC(=[NH2+])Cc1cccc(Oc2ccccc2)c1. The molecule has 0 spiro atoms. The molecule has 0 fully saturated rings. The summed E-state index contributed by atoms with van der Waals surface area (Å²) in [7, 11) is 0. The van der Waals surface area contributed by atoms with Crippen LogP contribution in [0.15, 0.2) is 54.6 Å². The minimum atomic E-state index is 0.405. The molecule has 0 heterocycles. The molecule has 3 nitrogen and oxygen atoms in total. The summed E-state index contributed by atoms with van der Waals surface area (Å²) in [6.07, 6.45) is 0.561. The molecule has 0 saturated heterocycles. The van der Waals surface area contributed by atoms with Gasteiger partial charge < -0.3 is 4.74 Å². The first-order valence-electron chi connectivity index (χ1n) is 5.42. The van der Waals surface area contributed by atoms with Gasteiger partial charge in [-0.25, -0.2) is 0 Å². The van der Waals surface area contributed by atoms with Crippen LogP contribution in [-0.4, -0.2) is 5.84 Å². The Morgan fingerprint density at radius 1 is 1.00 bits per heavy atom. The highest BCUT2D eigenvalue weighted by Gasteiger charge is 2.02. The van der Waals surface area contributed by atoms with Crippen molar-refractivity contribution < 1.29 is 10.1 Å². The van der Waals surface area contributed by atoms with Crippen molar-refractivity contribution in [3.8, 4) is 11.5 Å². The zero-order chi connectivity index (χ0) is 12.1. The molecule has 86 valence electrons. The number of ether oxygens (including phenoxy) is 1. The minimum Gasteiger partial charge on any atom is -0.457 e. The van der Waals surface area contributed by atoms with Gasteiger partial charge in [-0.1, -0.05) is 30.3 Å².